The molecule has 0 aliphatic carbocycles. The van der Waals surface area contributed by atoms with Crippen molar-refractivity contribution in [2.45, 2.75) is 18.9 Å². The minimum atomic E-state index is -0.381. The Kier molecular flexibility index (Phi) is 6.18. The molecule has 1 aliphatic heterocycles. The van der Waals surface area contributed by atoms with E-state index < -0.39 is 0 Å². The molecule has 172 valence electrons. The highest BCUT2D eigenvalue weighted by atomic mass is 32.1. The summed E-state index contributed by atoms with van der Waals surface area (Å²) >= 11 is 1.54. The third kappa shape index (κ3) is 4.60. The molecule has 1 aliphatic rings. The molecule has 3 heterocycles. The first-order valence-electron chi connectivity index (χ1n) is 11.0. The average molecular weight is 476 g/mol. The molecule has 2 amide bonds. The standard InChI is InChI=1S/C25H22FN5O2S/c26-18-10-8-17(9-11-18)24(32)27-19-12-14-30(15-13-19)25(33)22-28-23(21-7-4-16-34-21)31(29-22)20-5-2-1-3-6-20/h1-11,16,19H,12-15H2,(H,27,32). The first-order chi connectivity index (χ1) is 16.6. The van der Waals surface area contributed by atoms with E-state index in [1.165, 1.54) is 24.3 Å². The van der Waals surface area contributed by atoms with E-state index >= 15 is 0 Å². The fourth-order valence-electron chi connectivity index (χ4n) is 3.96. The van der Waals surface area contributed by atoms with Crippen molar-refractivity contribution in [1.82, 2.24) is 25.0 Å². The van der Waals surface area contributed by atoms with Crippen molar-refractivity contribution < 1.29 is 14.0 Å². The van der Waals surface area contributed by atoms with Crippen LogP contribution in [0.15, 0.2) is 72.1 Å². The van der Waals surface area contributed by atoms with Gasteiger partial charge in [0.1, 0.15) is 5.82 Å². The lowest BCUT2D eigenvalue weighted by atomic mass is 10.0. The van der Waals surface area contributed by atoms with Crippen LogP contribution in [0.5, 0.6) is 0 Å². The van der Waals surface area contributed by atoms with Crippen molar-refractivity contribution in [3.8, 4) is 16.4 Å². The monoisotopic (exact) mass is 475 g/mol. The number of benzene rings is 2. The van der Waals surface area contributed by atoms with E-state index in [1.807, 2.05) is 47.8 Å². The summed E-state index contributed by atoms with van der Waals surface area (Å²) < 4.78 is 14.8. The second-order valence-corrected chi connectivity index (χ2v) is 8.98. The van der Waals surface area contributed by atoms with Gasteiger partial charge in [-0.05, 0) is 60.7 Å². The van der Waals surface area contributed by atoms with Crippen LogP contribution in [0.1, 0.15) is 33.8 Å². The Morgan fingerprint density at radius 1 is 0.971 bits per heavy atom. The third-order valence-electron chi connectivity index (χ3n) is 5.76. The summed E-state index contributed by atoms with van der Waals surface area (Å²) in [5.74, 6) is -0.0644. The van der Waals surface area contributed by atoms with Gasteiger partial charge in [-0.25, -0.2) is 14.1 Å². The molecular formula is C25H22FN5O2S. The maximum Gasteiger partial charge on any atom is 0.293 e. The molecule has 0 saturated carbocycles. The lowest BCUT2D eigenvalue weighted by molar-refractivity contribution is 0.0686. The molecule has 2 aromatic carbocycles. The van der Waals surface area contributed by atoms with Gasteiger partial charge >= 0.3 is 0 Å². The van der Waals surface area contributed by atoms with Gasteiger partial charge in [-0.3, -0.25) is 9.59 Å². The van der Waals surface area contributed by atoms with Crippen molar-refractivity contribution in [2.24, 2.45) is 0 Å². The number of para-hydroxylation sites is 1. The number of nitrogens with zero attached hydrogens (tertiary/aromatic N) is 4. The number of hydrogen-bond donors (Lipinski definition) is 1. The number of carbonyl (C=O) groups is 2. The molecule has 5 rings (SSSR count). The van der Waals surface area contributed by atoms with Crippen LogP contribution in [0, 0.1) is 5.82 Å². The molecule has 2 aromatic heterocycles. The van der Waals surface area contributed by atoms with Crippen LogP contribution in [0.4, 0.5) is 4.39 Å². The van der Waals surface area contributed by atoms with Gasteiger partial charge in [0.15, 0.2) is 5.82 Å². The highest BCUT2D eigenvalue weighted by Gasteiger charge is 2.28. The van der Waals surface area contributed by atoms with E-state index in [-0.39, 0.29) is 29.5 Å². The zero-order chi connectivity index (χ0) is 23.5. The molecule has 34 heavy (non-hydrogen) atoms. The minimum absolute atomic E-state index is 0.0573. The maximum atomic E-state index is 13.2. The van der Waals surface area contributed by atoms with Crippen LogP contribution >= 0.6 is 11.3 Å². The van der Waals surface area contributed by atoms with Crippen molar-refractivity contribution >= 4 is 23.2 Å². The lowest BCUT2D eigenvalue weighted by Gasteiger charge is -2.31. The molecule has 0 spiro atoms. The molecule has 0 atom stereocenters. The zero-order valence-corrected chi connectivity index (χ0v) is 19.0. The number of hydrogen-bond acceptors (Lipinski definition) is 5. The second kappa shape index (κ2) is 9.56. The number of piperidine rings is 1. The van der Waals surface area contributed by atoms with E-state index in [0.29, 0.717) is 37.3 Å². The lowest BCUT2D eigenvalue weighted by Crippen LogP contribution is -2.46. The predicted octanol–water partition coefficient (Wildman–Crippen LogP) is 4.17. The normalized spacial score (nSPS) is 14.2. The van der Waals surface area contributed by atoms with E-state index in [1.54, 1.807) is 20.9 Å². The smallest absolute Gasteiger partial charge is 0.293 e. The largest absolute Gasteiger partial charge is 0.349 e. The fourth-order valence-corrected chi connectivity index (χ4v) is 4.65. The molecule has 9 heteroatoms. The van der Waals surface area contributed by atoms with Gasteiger partial charge in [-0.2, -0.15) is 0 Å². The van der Waals surface area contributed by atoms with Gasteiger partial charge in [0, 0.05) is 24.7 Å². The molecule has 0 radical (unpaired) electrons. The number of amides is 2. The maximum absolute atomic E-state index is 13.2. The molecule has 0 bridgehead atoms. The molecule has 7 nitrogen and oxygen atoms in total. The Balaban J connectivity index is 1.27. The number of thiophene rings is 1. The fraction of sp³-hybridized carbons (Fsp3) is 0.200. The Labute approximate surface area is 199 Å². The summed E-state index contributed by atoms with van der Waals surface area (Å²) in [6.07, 6.45) is 1.24. The Bertz CT molecular complexity index is 1280. The van der Waals surface area contributed by atoms with Gasteiger partial charge in [0.2, 0.25) is 5.82 Å². The zero-order valence-electron chi connectivity index (χ0n) is 18.2. The summed E-state index contributed by atoms with van der Waals surface area (Å²) in [5, 5.41) is 9.48. The predicted molar refractivity (Wildman–Crippen MR) is 127 cm³/mol. The van der Waals surface area contributed by atoms with Crippen LogP contribution in [0.2, 0.25) is 0 Å². The number of halogens is 1. The molecule has 1 saturated heterocycles. The minimum Gasteiger partial charge on any atom is -0.349 e. The summed E-state index contributed by atoms with van der Waals surface area (Å²) in [6.45, 7) is 0.975. The Morgan fingerprint density at radius 3 is 2.38 bits per heavy atom. The van der Waals surface area contributed by atoms with Gasteiger partial charge < -0.3 is 10.2 Å². The van der Waals surface area contributed by atoms with Crippen LogP contribution in [0.25, 0.3) is 16.4 Å². The van der Waals surface area contributed by atoms with Crippen LogP contribution in [-0.2, 0) is 0 Å². The quantitative estimate of drug-likeness (QED) is 0.470. The summed E-state index contributed by atoms with van der Waals surface area (Å²) in [6, 6.07) is 18.9. The molecule has 1 N–H and O–H groups in total. The highest BCUT2D eigenvalue weighted by molar-refractivity contribution is 7.13. The van der Waals surface area contributed by atoms with E-state index in [0.717, 1.165) is 10.6 Å². The average Bonchev–Trinajstić information content (AvgIpc) is 3.55. The number of nitrogens with one attached hydrogen (secondary N) is 1. The summed E-state index contributed by atoms with van der Waals surface area (Å²) in [7, 11) is 0. The third-order valence-corrected chi connectivity index (χ3v) is 6.63. The molecular weight excluding hydrogens is 453 g/mol. The number of carbonyl (C=O) groups excluding carboxylic acids is 2. The number of aromatic nitrogens is 3. The summed E-state index contributed by atoms with van der Waals surface area (Å²) in [5.41, 5.74) is 1.25. The highest BCUT2D eigenvalue weighted by Crippen LogP contribution is 2.26. The van der Waals surface area contributed by atoms with Crippen LogP contribution in [0.3, 0.4) is 0 Å². The molecule has 4 aromatic rings. The SMILES string of the molecule is O=C(NC1CCN(C(=O)c2nc(-c3cccs3)n(-c3ccccc3)n2)CC1)c1ccc(F)cc1. The second-order valence-electron chi connectivity index (χ2n) is 8.03. The number of rotatable bonds is 5. The molecule has 0 unspecified atom stereocenters. The van der Waals surface area contributed by atoms with Crippen LogP contribution in [-0.4, -0.2) is 50.6 Å². The van der Waals surface area contributed by atoms with Gasteiger partial charge in [-0.1, -0.05) is 24.3 Å². The van der Waals surface area contributed by atoms with E-state index in [9.17, 15) is 14.0 Å². The van der Waals surface area contributed by atoms with Crippen molar-refractivity contribution in [3.05, 3.63) is 89.3 Å². The Hall–Kier alpha value is -3.85. The van der Waals surface area contributed by atoms with Gasteiger partial charge in [0.05, 0.1) is 10.6 Å². The van der Waals surface area contributed by atoms with E-state index in [2.05, 4.69) is 15.4 Å². The summed E-state index contributed by atoms with van der Waals surface area (Å²) in [4.78, 5) is 32.9. The van der Waals surface area contributed by atoms with Gasteiger partial charge in [0.25, 0.3) is 11.8 Å². The first-order valence-corrected chi connectivity index (χ1v) is 11.9. The Morgan fingerprint density at radius 2 is 1.71 bits per heavy atom. The van der Waals surface area contributed by atoms with E-state index in [4.69, 9.17) is 0 Å². The number of likely N-dealkylation sites (tertiary alicyclic amines) is 1. The molecule has 1 fully saturated rings. The van der Waals surface area contributed by atoms with Crippen molar-refractivity contribution in [1.29, 1.82) is 0 Å². The van der Waals surface area contributed by atoms with Crippen molar-refractivity contribution in [2.75, 3.05) is 13.1 Å². The van der Waals surface area contributed by atoms with Crippen molar-refractivity contribution in [3.63, 3.8) is 0 Å². The topological polar surface area (TPSA) is 80.1 Å². The van der Waals surface area contributed by atoms with Gasteiger partial charge in [-0.15, -0.1) is 16.4 Å². The first kappa shape index (κ1) is 22.0. The van der Waals surface area contributed by atoms with Crippen LogP contribution < -0.4 is 5.32 Å².